The van der Waals surface area contributed by atoms with E-state index in [4.69, 9.17) is 5.11 Å². The zero-order valence-corrected chi connectivity index (χ0v) is 16.3. The Morgan fingerprint density at radius 1 is 0.966 bits per heavy atom. The Kier molecular flexibility index (Phi) is 6.61. The maximum absolute atomic E-state index is 12.4. The van der Waals surface area contributed by atoms with Gasteiger partial charge in [0.15, 0.2) is 0 Å². The quantitative estimate of drug-likeness (QED) is 0.638. The molecule has 0 atom stereocenters. The second kappa shape index (κ2) is 9.34. The van der Waals surface area contributed by atoms with Crippen molar-refractivity contribution in [3.05, 3.63) is 65.7 Å². The van der Waals surface area contributed by atoms with E-state index in [0.29, 0.717) is 23.4 Å². The number of anilines is 1. The molecule has 0 unspecified atom stereocenters. The highest BCUT2D eigenvalue weighted by molar-refractivity contribution is 6.05. The van der Waals surface area contributed by atoms with E-state index >= 15 is 0 Å². The largest absolute Gasteiger partial charge is 0.480 e. The van der Waals surface area contributed by atoms with E-state index in [0.717, 1.165) is 12.8 Å². The van der Waals surface area contributed by atoms with E-state index < -0.39 is 5.97 Å². The Morgan fingerprint density at radius 2 is 1.55 bits per heavy atom. The number of carbonyl (C=O) groups is 3. The number of aliphatic carboxylic acids is 1. The van der Waals surface area contributed by atoms with Crippen molar-refractivity contribution in [3.8, 4) is 0 Å². The van der Waals surface area contributed by atoms with Crippen LogP contribution in [0.4, 0.5) is 5.69 Å². The normalized spacial score (nSPS) is 18.0. The van der Waals surface area contributed by atoms with Gasteiger partial charge in [0.1, 0.15) is 0 Å². The van der Waals surface area contributed by atoms with Gasteiger partial charge in [-0.2, -0.15) is 0 Å². The SMILES string of the molecule is CCN(CC(=O)O)C1CC(NC(=O)c2ccc(C(=O)Nc3ccccc3)cc2)C1. The third-order valence-corrected chi connectivity index (χ3v) is 5.15. The molecule has 1 saturated carbocycles. The van der Waals surface area contributed by atoms with Crippen LogP contribution >= 0.6 is 0 Å². The van der Waals surface area contributed by atoms with Crippen molar-refractivity contribution in [1.29, 1.82) is 0 Å². The summed E-state index contributed by atoms with van der Waals surface area (Å²) in [6.45, 7) is 2.63. The summed E-state index contributed by atoms with van der Waals surface area (Å²) in [4.78, 5) is 37.5. The number of carbonyl (C=O) groups excluding carboxylic acids is 2. The number of amides is 2. The van der Waals surface area contributed by atoms with Crippen molar-refractivity contribution in [2.45, 2.75) is 31.8 Å². The molecule has 29 heavy (non-hydrogen) atoms. The number of nitrogens with one attached hydrogen (secondary N) is 2. The summed E-state index contributed by atoms with van der Waals surface area (Å²) >= 11 is 0. The summed E-state index contributed by atoms with van der Waals surface area (Å²) in [7, 11) is 0. The average Bonchev–Trinajstić information content (AvgIpc) is 2.69. The monoisotopic (exact) mass is 395 g/mol. The maximum atomic E-state index is 12.4. The van der Waals surface area contributed by atoms with Crippen molar-refractivity contribution in [2.75, 3.05) is 18.4 Å². The van der Waals surface area contributed by atoms with Crippen LogP contribution in [0.1, 0.15) is 40.5 Å². The number of nitrogens with zero attached hydrogens (tertiary/aromatic N) is 1. The van der Waals surface area contributed by atoms with Crippen molar-refractivity contribution >= 4 is 23.5 Å². The van der Waals surface area contributed by atoms with Crippen molar-refractivity contribution in [1.82, 2.24) is 10.2 Å². The number of carboxylic acid groups (broad SMARTS) is 1. The van der Waals surface area contributed by atoms with E-state index in [1.807, 2.05) is 42.2 Å². The Hall–Kier alpha value is -3.19. The fourth-order valence-corrected chi connectivity index (χ4v) is 3.44. The molecule has 0 aliphatic heterocycles. The lowest BCUT2D eigenvalue weighted by Crippen LogP contribution is -2.54. The molecule has 1 fully saturated rings. The van der Waals surface area contributed by atoms with Crippen LogP contribution in [0, 0.1) is 0 Å². The second-order valence-electron chi connectivity index (χ2n) is 7.15. The zero-order valence-electron chi connectivity index (χ0n) is 16.3. The van der Waals surface area contributed by atoms with Crippen molar-refractivity contribution in [3.63, 3.8) is 0 Å². The van der Waals surface area contributed by atoms with Gasteiger partial charge in [0.2, 0.25) is 0 Å². The lowest BCUT2D eigenvalue weighted by Gasteiger charge is -2.42. The number of benzene rings is 2. The van der Waals surface area contributed by atoms with Crippen molar-refractivity contribution in [2.24, 2.45) is 0 Å². The number of carboxylic acids is 1. The standard InChI is InChI=1S/C22H25N3O4/c1-2-25(14-20(26)27)19-12-18(13-19)24-22(29)16-10-8-15(9-11-16)21(28)23-17-6-4-3-5-7-17/h3-11,18-19H,2,12-14H2,1H3,(H,23,28)(H,24,29)(H,26,27). The van der Waals surface area contributed by atoms with Gasteiger partial charge in [-0.15, -0.1) is 0 Å². The summed E-state index contributed by atoms with van der Waals surface area (Å²) in [6, 6.07) is 15.9. The number of hydrogen-bond donors (Lipinski definition) is 3. The minimum absolute atomic E-state index is 0.0222. The van der Waals surface area contributed by atoms with E-state index in [9.17, 15) is 14.4 Å². The topological polar surface area (TPSA) is 98.7 Å². The van der Waals surface area contributed by atoms with Crippen LogP contribution in [0.15, 0.2) is 54.6 Å². The highest BCUT2D eigenvalue weighted by Crippen LogP contribution is 2.26. The summed E-state index contributed by atoms with van der Waals surface area (Å²) in [5, 5.41) is 14.7. The van der Waals surface area contributed by atoms with Gasteiger partial charge < -0.3 is 15.7 Å². The number of rotatable bonds is 8. The fourth-order valence-electron chi connectivity index (χ4n) is 3.44. The molecule has 3 rings (SSSR count). The Balaban J connectivity index is 1.50. The molecule has 7 heteroatoms. The van der Waals surface area contributed by atoms with Crippen LogP contribution in [0.3, 0.4) is 0 Å². The van der Waals surface area contributed by atoms with Gasteiger partial charge in [-0.3, -0.25) is 19.3 Å². The lowest BCUT2D eigenvalue weighted by atomic mass is 9.85. The molecule has 0 saturated heterocycles. The summed E-state index contributed by atoms with van der Waals surface area (Å²) < 4.78 is 0. The van der Waals surface area contributed by atoms with E-state index in [2.05, 4.69) is 10.6 Å². The molecular weight excluding hydrogens is 370 g/mol. The van der Waals surface area contributed by atoms with Gasteiger partial charge in [0, 0.05) is 28.9 Å². The minimum atomic E-state index is -0.837. The highest BCUT2D eigenvalue weighted by Gasteiger charge is 2.34. The van der Waals surface area contributed by atoms with Crippen LogP contribution in [-0.2, 0) is 4.79 Å². The van der Waals surface area contributed by atoms with Gasteiger partial charge in [-0.1, -0.05) is 25.1 Å². The third-order valence-electron chi connectivity index (χ3n) is 5.15. The first-order valence-corrected chi connectivity index (χ1v) is 9.69. The Morgan fingerprint density at radius 3 is 2.10 bits per heavy atom. The first kappa shape index (κ1) is 20.5. The van der Waals surface area contributed by atoms with Crippen LogP contribution in [0.25, 0.3) is 0 Å². The van der Waals surface area contributed by atoms with E-state index in [1.165, 1.54) is 0 Å². The molecule has 0 heterocycles. The van der Waals surface area contributed by atoms with Crippen LogP contribution in [-0.4, -0.2) is 53.0 Å². The molecule has 7 nitrogen and oxygen atoms in total. The van der Waals surface area contributed by atoms with Gasteiger partial charge >= 0.3 is 5.97 Å². The molecular formula is C22H25N3O4. The first-order valence-electron chi connectivity index (χ1n) is 9.69. The van der Waals surface area contributed by atoms with Crippen LogP contribution in [0.2, 0.25) is 0 Å². The average molecular weight is 395 g/mol. The Labute approximate surface area is 169 Å². The number of likely N-dealkylation sites (N-methyl/N-ethyl adjacent to an activating group) is 1. The molecule has 152 valence electrons. The lowest BCUT2D eigenvalue weighted by molar-refractivity contribution is -0.139. The third kappa shape index (κ3) is 5.42. The molecule has 0 spiro atoms. The molecule has 1 aliphatic carbocycles. The molecule has 3 N–H and O–H groups in total. The van der Waals surface area contributed by atoms with Gasteiger partial charge in [0.05, 0.1) is 6.54 Å². The summed E-state index contributed by atoms with van der Waals surface area (Å²) in [5.41, 5.74) is 1.67. The van der Waals surface area contributed by atoms with E-state index in [1.54, 1.807) is 24.3 Å². The molecule has 0 radical (unpaired) electrons. The number of para-hydroxylation sites is 1. The van der Waals surface area contributed by atoms with Gasteiger partial charge in [-0.25, -0.2) is 0 Å². The van der Waals surface area contributed by atoms with E-state index in [-0.39, 0.29) is 30.4 Å². The molecule has 0 aromatic heterocycles. The van der Waals surface area contributed by atoms with Crippen molar-refractivity contribution < 1.29 is 19.5 Å². The molecule has 2 aromatic carbocycles. The Bertz CT molecular complexity index is 861. The molecule has 0 bridgehead atoms. The molecule has 2 aromatic rings. The smallest absolute Gasteiger partial charge is 0.317 e. The molecule has 1 aliphatic rings. The fraction of sp³-hybridized carbons (Fsp3) is 0.318. The van der Waals surface area contributed by atoms with Crippen LogP contribution in [0.5, 0.6) is 0 Å². The minimum Gasteiger partial charge on any atom is -0.480 e. The predicted octanol–water partition coefficient (Wildman–Crippen LogP) is 2.61. The van der Waals surface area contributed by atoms with Gasteiger partial charge in [-0.05, 0) is 55.8 Å². The number of hydrogen-bond acceptors (Lipinski definition) is 4. The summed E-state index contributed by atoms with van der Waals surface area (Å²) in [6.07, 6.45) is 1.48. The highest BCUT2D eigenvalue weighted by atomic mass is 16.4. The predicted molar refractivity (Wildman–Crippen MR) is 110 cm³/mol. The van der Waals surface area contributed by atoms with Crippen LogP contribution < -0.4 is 10.6 Å². The second-order valence-corrected chi connectivity index (χ2v) is 7.15. The van der Waals surface area contributed by atoms with Gasteiger partial charge in [0.25, 0.3) is 11.8 Å². The molecule has 2 amide bonds. The maximum Gasteiger partial charge on any atom is 0.317 e. The zero-order chi connectivity index (χ0) is 20.8. The first-order chi connectivity index (χ1) is 14.0. The summed E-state index contributed by atoms with van der Waals surface area (Å²) in [5.74, 6) is -1.26.